The van der Waals surface area contributed by atoms with E-state index in [-0.39, 0.29) is 17.5 Å². The van der Waals surface area contributed by atoms with E-state index in [4.69, 9.17) is 4.74 Å². The Bertz CT molecular complexity index is 868. The van der Waals surface area contributed by atoms with Crippen LogP contribution in [0.5, 0.6) is 5.75 Å². The standard InChI is InChI=1S/C19H24N4O3S/c1-20-19(23-17-9-11-27(24,25)14-17)22-12-15-5-7-18(8-6-15)26-13-16-4-2-3-10-21-16/h2-8,10,17H,9,11-14H2,1H3,(H2,20,22,23). The number of sulfone groups is 1. The molecule has 1 aliphatic heterocycles. The van der Waals surface area contributed by atoms with E-state index >= 15 is 0 Å². The number of ether oxygens (including phenoxy) is 1. The van der Waals surface area contributed by atoms with E-state index in [1.807, 2.05) is 42.5 Å². The lowest BCUT2D eigenvalue weighted by Gasteiger charge is -2.16. The lowest BCUT2D eigenvalue weighted by Crippen LogP contribution is -2.43. The summed E-state index contributed by atoms with van der Waals surface area (Å²) in [6.45, 7) is 1.01. The average Bonchev–Trinajstić information content (AvgIpc) is 3.03. The van der Waals surface area contributed by atoms with Crippen LogP contribution in [0.25, 0.3) is 0 Å². The van der Waals surface area contributed by atoms with E-state index in [1.54, 1.807) is 13.2 Å². The lowest BCUT2D eigenvalue weighted by atomic mass is 10.2. The molecular weight excluding hydrogens is 364 g/mol. The second-order valence-corrected chi connectivity index (χ2v) is 8.65. The van der Waals surface area contributed by atoms with Crippen molar-refractivity contribution in [1.82, 2.24) is 15.6 Å². The minimum Gasteiger partial charge on any atom is -0.487 e. The van der Waals surface area contributed by atoms with Crippen molar-refractivity contribution >= 4 is 15.8 Å². The molecule has 7 nitrogen and oxygen atoms in total. The molecule has 0 radical (unpaired) electrons. The number of pyridine rings is 1. The Kier molecular flexibility index (Phi) is 6.28. The number of rotatable bonds is 6. The molecule has 0 spiro atoms. The van der Waals surface area contributed by atoms with Gasteiger partial charge in [0.05, 0.1) is 17.2 Å². The maximum Gasteiger partial charge on any atom is 0.191 e. The lowest BCUT2D eigenvalue weighted by molar-refractivity contribution is 0.301. The molecule has 0 bridgehead atoms. The highest BCUT2D eigenvalue weighted by Gasteiger charge is 2.28. The number of nitrogens with zero attached hydrogens (tertiary/aromatic N) is 2. The Balaban J connectivity index is 1.46. The SMILES string of the molecule is CN=C(NCc1ccc(OCc2ccccn2)cc1)NC1CCS(=O)(=O)C1. The fourth-order valence-corrected chi connectivity index (χ4v) is 4.50. The number of benzene rings is 1. The molecule has 1 aliphatic rings. The van der Waals surface area contributed by atoms with E-state index in [9.17, 15) is 8.42 Å². The van der Waals surface area contributed by atoms with Crippen molar-refractivity contribution < 1.29 is 13.2 Å². The molecule has 8 heteroatoms. The molecule has 0 saturated carbocycles. The number of hydrogen-bond acceptors (Lipinski definition) is 5. The van der Waals surface area contributed by atoms with Crippen LogP contribution in [0.4, 0.5) is 0 Å². The summed E-state index contributed by atoms with van der Waals surface area (Å²) in [5.41, 5.74) is 1.95. The number of aromatic nitrogens is 1. The molecule has 1 aromatic heterocycles. The maximum absolute atomic E-state index is 11.5. The van der Waals surface area contributed by atoms with Crippen molar-refractivity contribution in [2.24, 2.45) is 4.99 Å². The molecule has 1 unspecified atom stereocenters. The number of aliphatic imine (C=N–C) groups is 1. The Morgan fingerprint density at radius 3 is 2.70 bits per heavy atom. The second-order valence-electron chi connectivity index (χ2n) is 6.42. The van der Waals surface area contributed by atoms with Gasteiger partial charge >= 0.3 is 0 Å². The third-order valence-corrected chi connectivity index (χ3v) is 6.06. The molecule has 27 heavy (non-hydrogen) atoms. The monoisotopic (exact) mass is 388 g/mol. The van der Waals surface area contributed by atoms with Crippen molar-refractivity contribution in [2.75, 3.05) is 18.6 Å². The molecule has 1 saturated heterocycles. The molecule has 1 aromatic carbocycles. The molecule has 2 heterocycles. The van der Waals surface area contributed by atoms with Crippen LogP contribution < -0.4 is 15.4 Å². The Hall–Kier alpha value is -2.61. The topological polar surface area (TPSA) is 92.7 Å². The van der Waals surface area contributed by atoms with E-state index in [0.717, 1.165) is 17.0 Å². The van der Waals surface area contributed by atoms with Crippen LogP contribution in [0, 0.1) is 0 Å². The van der Waals surface area contributed by atoms with Gasteiger partial charge in [0.15, 0.2) is 15.8 Å². The third-order valence-electron chi connectivity index (χ3n) is 4.29. The van der Waals surface area contributed by atoms with Crippen LogP contribution in [0.2, 0.25) is 0 Å². The van der Waals surface area contributed by atoms with Crippen molar-refractivity contribution in [3.05, 3.63) is 59.9 Å². The zero-order valence-electron chi connectivity index (χ0n) is 15.3. The zero-order chi connectivity index (χ0) is 19.1. The van der Waals surface area contributed by atoms with Crippen LogP contribution in [0.3, 0.4) is 0 Å². The van der Waals surface area contributed by atoms with E-state index in [0.29, 0.717) is 25.5 Å². The van der Waals surface area contributed by atoms with Crippen LogP contribution in [0.1, 0.15) is 17.7 Å². The molecule has 144 valence electrons. The highest BCUT2D eigenvalue weighted by atomic mass is 32.2. The predicted octanol–water partition coefficient (Wildman–Crippen LogP) is 1.51. The Morgan fingerprint density at radius 1 is 1.26 bits per heavy atom. The molecule has 1 atom stereocenters. The molecule has 1 fully saturated rings. The minimum atomic E-state index is -2.91. The van der Waals surface area contributed by atoms with Crippen LogP contribution in [0.15, 0.2) is 53.7 Å². The molecule has 2 N–H and O–H groups in total. The van der Waals surface area contributed by atoms with Gasteiger partial charge < -0.3 is 15.4 Å². The van der Waals surface area contributed by atoms with Gasteiger partial charge in [0.25, 0.3) is 0 Å². The molecule has 3 rings (SSSR count). The van der Waals surface area contributed by atoms with Crippen molar-refractivity contribution in [3.8, 4) is 5.75 Å². The van der Waals surface area contributed by atoms with Gasteiger partial charge in [-0.2, -0.15) is 0 Å². The number of guanidine groups is 1. The highest BCUT2D eigenvalue weighted by Crippen LogP contribution is 2.14. The van der Waals surface area contributed by atoms with Crippen molar-refractivity contribution in [2.45, 2.75) is 25.6 Å². The summed E-state index contributed by atoms with van der Waals surface area (Å²) in [5, 5.41) is 6.38. The van der Waals surface area contributed by atoms with E-state index in [2.05, 4.69) is 20.6 Å². The average molecular weight is 388 g/mol. The van der Waals surface area contributed by atoms with E-state index < -0.39 is 9.84 Å². The largest absolute Gasteiger partial charge is 0.487 e. The minimum absolute atomic E-state index is 0.0800. The van der Waals surface area contributed by atoms with Crippen LogP contribution in [-0.4, -0.2) is 44.0 Å². The fraction of sp³-hybridized carbons (Fsp3) is 0.368. The van der Waals surface area contributed by atoms with Gasteiger partial charge in [0.2, 0.25) is 0 Å². The fourth-order valence-electron chi connectivity index (χ4n) is 2.83. The summed E-state index contributed by atoms with van der Waals surface area (Å²) < 4.78 is 28.8. The number of hydrogen-bond donors (Lipinski definition) is 2. The van der Waals surface area contributed by atoms with Gasteiger partial charge in [-0.15, -0.1) is 0 Å². The van der Waals surface area contributed by atoms with Gasteiger partial charge in [-0.3, -0.25) is 9.98 Å². The van der Waals surface area contributed by atoms with Gasteiger partial charge in [-0.1, -0.05) is 18.2 Å². The first-order chi connectivity index (χ1) is 13.0. The first-order valence-electron chi connectivity index (χ1n) is 8.83. The first-order valence-corrected chi connectivity index (χ1v) is 10.7. The van der Waals surface area contributed by atoms with Gasteiger partial charge in [-0.05, 0) is 36.2 Å². The quantitative estimate of drug-likeness (QED) is 0.576. The summed E-state index contributed by atoms with van der Waals surface area (Å²) >= 11 is 0. The summed E-state index contributed by atoms with van der Waals surface area (Å²) in [6, 6.07) is 13.4. The van der Waals surface area contributed by atoms with Crippen LogP contribution in [-0.2, 0) is 23.0 Å². The van der Waals surface area contributed by atoms with Gasteiger partial charge in [0.1, 0.15) is 12.4 Å². The Labute approximate surface area is 159 Å². The summed E-state index contributed by atoms with van der Waals surface area (Å²) in [7, 11) is -1.24. The van der Waals surface area contributed by atoms with Gasteiger partial charge in [-0.25, -0.2) is 8.42 Å². The smallest absolute Gasteiger partial charge is 0.191 e. The molecule has 2 aromatic rings. The third kappa shape index (κ3) is 5.96. The maximum atomic E-state index is 11.5. The summed E-state index contributed by atoms with van der Waals surface area (Å²) in [5.74, 6) is 1.79. The first kappa shape index (κ1) is 19.2. The number of nitrogens with one attached hydrogen (secondary N) is 2. The Morgan fingerprint density at radius 2 is 2.07 bits per heavy atom. The zero-order valence-corrected chi connectivity index (χ0v) is 16.1. The summed E-state index contributed by atoms with van der Waals surface area (Å²) in [4.78, 5) is 8.39. The molecular formula is C19H24N4O3S. The highest BCUT2D eigenvalue weighted by molar-refractivity contribution is 7.91. The summed E-state index contributed by atoms with van der Waals surface area (Å²) in [6.07, 6.45) is 2.36. The normalized spacial score (nSPS) is 18.9. The predicted molar refractivity (Wildman–Crippen MR) is 105 cm³/mol. The van der Waals surface area contributed by atoms with Crippen molar-refractivity contribution in [1.29, 1.82) is 0 Å². The molecule has 0 aliphatic carbocycles. The van der Waals surface area contributed by atoms with Gasteiger partial charge in [0, 0.05) is 25.8 Å². The van der Waals surface area contributed by atoms with Crippen LogP contribution >= 0.6 is 0 Å². The second kappa shape index (κ2) is 8.85. The molecule has 0 amide bonds. The van der Waals surface area contributed by atoms with Crippen molar-refractivity contribution in [3.63, 3.8) is 0 Å². The van der Waals surface area contributed by atoms with E-state index in [1.165, 1.54) is 0 Å².